The third kappa shape index (κ3) is 4.45. The monoisotopic (exact) mass is 326 g/mol. The Morgan fingerprint density at radius 1 is 1.14 bits per heavy atom. The Kier molecular flexibility index (Phi) is 5.79. The van der Waals surface area contributed by atoms with Crippen molar-refractivity contribution in [2.75, 3.05) is 31.9 Å². The van der Waals surface area contributed by atoms with Crippen molar-refractivity contribution in [3.63, 3.8) is 0 Å². The van der Waals surface area contributed by atoms with E-state index in [0.29, 0.717) is 38.3 Å². The molecule has 0 atom stereocenters. The van der Waals surface area contributed by atoms with Crippen LogP contribution in [-0.2, 0) is 10.0 Å². The summed E-state index contributed by atoms with van der Waals surface area (Å²) in [6.45, 7) is 3.34. The molecule has 1 aliphatic heterocycles. The fourth-order valence-electron chi connectivity index (χ4n) is 2.26. The van der Waals surface area contributed by atoms with E-state index in [1.54, 1.807) is 29.2 Å². The summed E-state index contributed by atoms with van der Waals surface area (Å²) in [5, 5.41) is 0. The number of nitrogens with zero attached hydrogens (tertiary/aromatic N) is 2. The number of carbonyl (C=O) groups excluding carboxylic acids is 1. The van der Waals surface area contributed by atoms with Crippen molar-refractivity contribution < 1.29 is 17.9 Å². The van der Waals surface area contributed by atoms with Crippen LogP contribution in [0.2, 0.25) is 0 Å². The van der Waals surface area contributed by atoms with Crippen molar-refractivity contribution in [3.05, 3.63) is 30.3 Å². The quantitative estimate of drug-likeness (QED) is 0.829. The Bertz CT molecular complexity index is 581. The predicted molar refractivity (Wildman–Crippen MR) is 84.3 cm³/mol. The number of carbonyl (C=O) groups is 1. The van der Waals surface area contributed by atoms with Crippen LogP contribution in [0.3, 0.4) is 0 Å². The van der Waals surface area contributed by atoms with Crippen molar-refractivity contribution >= 4 is 16.1 Å². The second-order valence-electron chi connectivity index (χ2n) is 5.24. The summed E-state index contributed by atoms with van der Waals surface area (Å²) in [4.78, 5) is 13.6. The molecule has 1 aromatic rings. The maximum Gasteiger partial charge on any atom is 0.415 e. The van der Waals surface area contributed by atoms with Crippen molar-refractivity contribution in [1.29, 1.82) is 0 Å². The molecule has 1 heterocycles. The van der Waals surface area contributed by atoms with Crippen molar-refractivity contribution in [1.82, 2.24) is 9.21 Å². The van der Waals surface area contributed by atoms with Crippen molar-refractivity contribution in [3.8, 4) is 5.75 Å². The minimum absolute atomic E-state index is 0.179. The van der Waals surface area contributed by atoms with Crippen LogP contribution in [0.4, 0.5) is 4.79 Å². The Hall–Kier alpha value is -1.60. The third-order valence-corrected chi connectivity index (χ3v) is 5.55. The number of hydrogen-bond acceptors (Lipinski definition) is 4. The first-order valence-electron chi connectivity index (χ1n) is 7.52. The summed E-state index contributed by atoms with van der Waals surface area (Å²) in [6, 6.07) is 8.85. The molecule has 2 rings (SSSR count). The Morgan fingerprint density at radius 3 is 2.36 bits per heavy atom. The van der Waals surface area contributed by atoms with Gasteiger partial charge in [-0.2, -0.15) is 4.31 Å². The smallest absolute Gasteiger partial charge is 0.410 e. The minimum Gasteiger partial charge on any atom is -0.410 e. The molecule has 7 heteroatoms. The molecule has 1 amide bonds. The minimum atomic E-state index is -3.20. The van der Waals surface area contributed by atoms with Gasteiger partial charge in [0, 0.05) is 26.2 Å². The largest absolute Gasteiger partial charge is 0.415 e. The highest BCUT2D eigenvalue weighted by atomic mass is 32.2. The molecule has 22 heavy (non-hydrogen) atoms. The lowest BCUT2D eigenvalue weighted by molar-refractivity contribution is 0.132. The van der Waals surface area contributed by atoms with Gasteiger partial charge in [0.15, 0.2) is 0 Å². The number of sulfonamides is 1. The van der Waals surface area contributed by atoms with Crippen molar-refractivity contribution in [2.24, 2.45) is 0 Å². The summed E-state index contributed by atoms with van der Waals surface area (Å²) in [5.74, 6) is 0.670. The highest BCUT2D eigenvalue weighted by Crippen LogP contribution is 2.13. The summed E-state index contributed by atoms with van der Waals surface area (Å²) in [5.41, 5.74) is 0. The number of hydrogen-bond donors (Lipinski definition) is 0. The average molecular weight is 326 g/mol. The van der Waals surface area contributed by atoms with Gasteiger partial charge in [-0.3, -0.25) is 0 Å². The zero-order chi connectivity index (χ0) is 16.0. The highest BCUT2D eigenvalue weighted by Gasteiger charge is 2.29. The van der Waals surface area contributed by atoms with Gasteiger partial charge in [0.25, 0.3) is 0 Å². The Balaban J connectivity index is 1.85. The molecule has 0 radical (unpaired) electrons. The lowest BCUT2D eigenvalue weighted by atomic mass is 10.3. The molecule has 1 saturated heterocycles. The molecule has 0 bridgehead atoms. The van der Waals surface area contributed by atoms with Crippen molar-refractivity contribution in [2.45, 2.75) is 19.8 Å². The molecule has 122 valence electrons. The van der Waals surface area contributed by atoms with Crippen LogP contribution in [0.1, 0.15) is 19.8 Å². The second-order valence-corrected chi connectivity index (χ2v) is 7.33. The zero-order valence-corrected chi connectivity index (χ0v) is 13.6. The molecule has 0 unspecified atom stereocenters. The van der Waals surface area contributed by atoms with Crippen LogP contribution in [0.15, 0.2) is 30.3 Å². The van der Waals surface area contributed by atoms with Gasteiger partial charge in [0.05, 0.1) is 5.75 Å². The van der Waals surface area contributed by atoms with E-state index in [1.165, 1.54) is 4.31 Å². The summed E-state index contributed by atoms with van der Waals surface area (Å²) in [7, 11) is -3.20. The lowest BCUT2D eigenvalue weighted by Gasteiger charge is -2.33. The number of rotatable bonds is 5. The number of benzene rings is 1. The summed E-state index contributed by atoms with van der Waals surface area (Å²) in [6.07, 6.45) is 1.08. The normalized spacial score (nSPS) is 16.5. The van der Waals surface area contributed by atoms with Gasteiger partial charge in [-0.1, -0.05) is 31.5 Å². The molecule has 0 aliphatic carbocycles. The predicted octanol–water partition coefficient (Wildman–Crippen LogP) is 1.93. The van der Waals surface area contributed by atoms with E-state index in [-0.39, 0.29) is 5.75 Å². The summed E-state index contributed by atoms with van der Waals surface area (Å²) >= 11 is 0. The van der Waals surface area contributed by atoms with Gasteiger partial charge in [-0.25, -0.2) is 13.2 Å². The maximum absolute atomic E-state index is 12.1. The number of piperazine rings is 1. The fourth-order valence-corrected chi connectivity index (χ4v) is 3.89. The zero-order valence-electron chi connectivity index (χ0n) is 12.8. The third-order valence-electron chi connectivity index (χ3n) is 3.59. The molecule has 1 fully saturated rings. The molecular weight excluding hydrogens is 304 g/mol. The molecule has 0 aromatic heterocycles. The lowest BCUT2D eigenvalue weighted by Crippen LogP contribution is -2.51. The molecule has 1 aromatic carbocycles. The fraction of sp³-hybridized carbons (Fsp3) is 0.533. The van der Waals surface area contributed by atoms with Crippen LogP contribution in [0.25, 0.3) is 0 Å². The number of ether oxygens (including phenoxy) is 1. The molecule has 0 saturated carbocycles. The van der Waals surface area contributed by atoms with Gasteiger partial charge >= 0.3 is 6.09 Å². The number of para-hydroxylation sites is 1. The van der Waals surface area contributed by atoms with E-state index in [0.717, 1.165) is 6.42 Å². The van der Waals surface area contributed by atoms with Crippen LogP contribution in [0, 0.1) is 0 Å². The molecule has 0 N–H and O–H groups in total. The first kappa shape index (κ1) is 16.8. The first-order valence-corrected chi connectivity index (χ1v) is 9.13. The average Bonchev–Trinajstić information content (AvgIpc) is 2.54. The maximum atomic E-state index is 12.1. The van der Waals surface area contributed by atoms with E-state index in [9.17, 15) is 13.2 Å². The van der Waals surface area contributed by atoms with Gasteiger partial charge in [0.1, 0.15) is 5.75 Å². The van der Waals surface area contributed by atoms with E-state index in [4.69, 9.17) is 4.74 Å². The Morgan fingerprint density at radius 2 is 1.77 bits per heavy atom. The molecule has 1 aliphatic rings. The van der Waals surface area contributed by atoms with Crippen LogP contribution in [0.5, 0.6) is 5.75 Å². The van der Waals surface area contributed by atoms with Gasteiger partial charge in [0.2, 0.25) is 10.0 Å². The van der Waals surface area contributed by atoms with Crippen LogP contribution < -0.4 is 4.74 Å². The summed E-state index contributed by atoms with van der Waals surface area (Å²) < 4.78 is 30.9. The van der Waals surface area contributed by atoms with E-state index in [1.807, 2.05) is 13.0 Å². The van der Waals surface area contributed by atoms with Gasteiger partial charge in [-0.15, -0.1) is 0 Å². The number of unbranched alkanes of at least 4 members (excludes halogenated alkanes) is 1. The van der Waals surface area contributed by atoms with Crippen LogP contribution in [-0.4, -0.2) is 55.6 Å². The molecular formula is C15H22N2O4S. The molecule has 0 spiro atoms. The van der Waals surface area contributed by atoms with Gasteiger partial charge < -0.3 is 9.64 Å². The molecule has 6 nitrogen and oxygen atoms in total. The second kappa shape index (κ2) is 7.60. The Labute approximate surface area is 131 Å². The van der Waals surface area contributed by atoms with E-state index in [2.05, 4.69) is 0 Å². The number of amides is 1. The SMILES string of the molecule is CCCCS(=O)(=O)N1CCN(C(=O)Oc2ccccc2)CC1. The first-order chi connectivity index (χ1) is 10.5. The standard InChI is InChI=1S/C15H22N2O4S/c1-2-3-13-22(19,20)17-11-9-16(10-12-17)15(18)21-14-7-5-4-6-8-14/h4-8H,2-3,9-13H2,1H3. The highest BCUT2D eigenvalue weighted by molar-refractivity contribution is 7.89. The van der Waals surface area contributed by atoms with Gasteiger partial charge in [-0.05, 0) is 18.6 Å². The van der Waals surface area contributed by atoms with E-state index < -0.39 is 16.1 Å². The van der Waals surface area contributed by atoms with Crippen LogP contribution >= 0.6 is 0 Å². The van der Waals surface area contributed by atoms with E-state index >= 15 is 0 Å². The topological polar surface area (TPSA) is 66.9 Å².